The van der Waals surface area contributed by atoms with Crippen molar-refractivity contribution in [2.24, 2.45) is 0 Å². The molecule has 0 aromatic heterocycles. The fraction of sp³-hybridized carbons (Fsp3) is 0.588. The van der Waals surface area contributed by atoms with Gasteiger partial charge in [-0.3, -0.25) is 0 Å². The van der Waals surface area contributed by atoms with Crippen molar-refractivity contribution in [2.45, 2.75) is 58.8 Å². The van der Waals surface area contributed by atoms with Gasteiger partial charge in [0.2, 0.25) is 0 Å². The van der Waals surface area contributed by atoms with E-state index in [9.17, 15) is 4.79 Å². The molecule has 0 aliphatic rings. The number of carbonyl (C=O) groups excluding carboxylic acids is 1. The molecule has 0 fully saturated rings. The van der Waals surface area contributed by atoms with Gasteiger partial charge in [0.25, 0.3) is 0 Å². The maximum absolute atomic E-state index is 11.6. The third-order valence-corrected chi connectivity index (χ3v) is 3.18. The standard InChI is InChI=1S/C17H26O3/c1-3-5-7-11-15-12-8-9-13-16(15)20-17(18)19-14-10-6-4-2/h8-9,12-13H,3-7,10-11,14H2,1-2H3. The fourth-order valence-corrected chi connectivity index (χ4v) is 2.00. The first-order valence-electron chi connectivity index (χ1n) is 7.70. The molecule has 0 radical (unpaired) electrons. The highest BCUT2D eigenvalue weighted by Gasteiger charge is 2.09. The van der Waals surface area contributed by atoms with E-state index in [0.717, 1.165) is 37.7 Å². The molecular formula is C17H26O3. The van der Waals surface area contributed by atoms with Crippen molar-refractivity contribution in [1.29, 1.82) is 0 Å². The van der Waals surface area contributed by atoms with Crippen LogP contribution in [0.5, 0.6) is 5.75 Å². The molecule has 0 atom stereocenters. The van der Waals surface area contributed by atoms with Crippen molar-refractivity contribution < 1.29 is 14.3 Å². The van der Waals surface area contributed by atoms with E-state index >= 15 is 0 Å². The van der Waals surface area contributed by atoms with E-state index < -0.39 is 6.16 Å². The molecule has 20 heavy (non-hydrogen) atoms. The van der Waals surface area contributed by atoms with Crippen LogP contribution in [0.4, 0.5) is 4.79 Å². The lowest BCUT2D eigenvalue weighted by atomic mass is 10.1. The maximum atomic E-state index is 11.6. The second-order valence-corrected chi connectivity index (χ2v) is 4.97. The first kappa shape index (κ1) is 16.5. The van der Waals surface area contributed by atoms with Gasteiger partial charge in [-0.15, -0.1) is 0 Å². The fourth-order valence-electron chi connectivity index (χ4n) is 2.00. The van der Waals surface area contributed by atoms with Gasteiger partial charge in [0.15, 0.2) is 0 Å². The third kappa shape index (κ3) is 6.60. The summed E-state index contributed by atoms with van der Waals surface area (Å²) in [6, 6.07) is 7.69. The Labute approximate surface area is 122 Å². The van der Waals surface area contributed by atoms with Crippen LogP contribution in [0.25, 0.3) is 0 Å². The Morgan fingerprint density at radius 3 is 2.45 bits per heavy atom. The number of ether oxygens (including phenoxy) is 2. The topological polar surface area (TPSA) is 35.5 Å². The monoisotopic (exact) mass is 278 g/mol. The molecule has 0 bridgehead atoms. The summed E-state index contributed by atoms with van der Waals surface area (Å²) < 4.78 is 10.4. The number of rotatable bonds is 9. The van der Waals surface area contributed by atoms with E-state index in [2.05, 4.69) is 13.8 Å². The van der Waals surface area contributed by atoms with Crippen LogP contribution in [0.15, 0.2) is 24.3 Å². The SMILES string of the molecule is CCCCCOC(=O)Oc1ccccc1CCCCC. The third-order valence-electron chi connectivity index (χ3n) is 3.18. The van der Waals surface area contributed by atoms with Gasteiger partial charge in [0.1, 0.15) is 5.75 Å². The molecule has 3 nitrogen and oxygen atoms in total. The Bertz CT molecular complexity index is 388. The zero-order valence-electron chi connectivity index (χ0n) is 12.7. The predicted molar refractivity (Wildman–Crippen MR) is 81.2 cm³/mol. The highest BCUT2D eigenvalue weighted by molar-refractivity contribution is 5.64. The Kier molecular flexibility index (Phi) is 8.52. The van der Waals surface area contributed by atoms with Gasteiger partial charge in [-0.1, -0.05) is 57.7 Å². The van der Waals surface area contributed by atoms with E-state index in [4.69, 9.17) is 9.47 Å². The lowest BCUT2D eigenvalue weighted by molar-refractivity contribution is 0.0971. The maximum Gasteiger partial charge on any atom is 0.513 e. The van der Waals surface area contributed by atoms with Gasteiger partial charge in [-0.05, 0) is 30.9 Å². The van der Waals surface area contributed by atoms with E-state index in [1.54, 1.807) is 0 Å². The molecule has 0 spiro atoms. The van der Waals surface area contributed by atoms with Crippen LogP contribution in [0, 0.1) is 0 Å². The molecule has 0 N–H and O–H groups in total. The number of aryl methyl sites for hydroxylation is 1. The molecule has 0 aliphatic heterocycles. The summed E-state index contributed by atoms with van der Waals surface area (Å²) in [5.74, 6) is 0.629. The van der Waals surface area contributed by atoms with Crippen molar-refractivity contribution in [3.05, 3.63) is 29.8 Å². The Balaban J connectivity index is 2.43. The quantitative estimate of drug-likeness (QED) is 0.357. The van der Waals surface area contributed by atoms with E-state index in [1.807, 2.05) is 24.3 Å². The van der Waals surface area contributed by atoms with Crippen molar-refractivity contribution >= 4 is 6.16 Å². The first-order valence-corrected chi connectivity index (χ1v) is 7.70. The van der Waals surface area contributed by atoms with Gasteiger partial charge < -0.3 is 9.47 Å². The minimum absolute atomic E-state index is 0.435. The van der Waals surface area contributed by atoms with Crippen molar-refractivity contribution in [3.63, 3.8) is 0 Å². The van der Waals surface area contributed by atoms with Gasteiger partial charge >= 0.3 is 6.16 Å². The zero-order chi connectivity index (χ0) is 14.6. The van der Waals surface area contributed by atoms with Crippen molar-refractivity contribution in [2.75, 3.05) is 6.61 Å². The predicted octanol–water partition coefficient (Wildman–Crippen LogP) is 5.12. The Morgan fingerprint density at radius 2 is 1.70 bits per heavy atom. The minimum atomic E-state index is -0.593. The molecular weight excluding hydrogens is 252 g/mol. The van der Waals surface area contributed by atoms with Crippen molar-refractivity contribution in [1.82, 2.24) is 0 Å². The Hall–Kier alpha value is -1.51. The highest BCUT2D eigenvalue weighted by atomic mass is 16.7. The second-order valence-electron chi connectivity index (χ2n) is 4.97. The van der Waals surface area contributed by atoms with Crippen LogP contribution >= 0.6 is 0 Å². The molecule has 0 amide bonds. The summed E-state index contributed by atoms with van der Waals surface area (Å²) in [5.41, 5.74) is 1.08. The average molecular weight is 278 g/mol. The number of unbranched alkanes of at least 4 members (excludes halogenated alkanes) is 4. The lowest BCUT2D eigenvalue weighted by Crippen LogP contribution is -2.12. The molecule has 0 aliphatic carbocycles. The molecule has 0 saturated carbocycles. The molecule has 1 rings (SSSR count). The van der Waals surface area contributed by atoms with Gasteiger partial charge in [-0.25, -0.2) is 4.79 Å². The average Bonchev–Trinajstić information content (AvgIpc) is 2.46. The largest absolute Gasteiger partial charge is 0.513 e. The normalized spacial score (nSPS) is 10.3. The molecule has 112 valence electrons. The zero-order valence-corrected chi connectivity index (χ0v) is 12.7. The summed E-state index contributed by atoms with van der Waals surface area (Å²) in [7, 11) is 0. The van der Waals surface area contributed by atoms with Crippen LogP contribution in [-0.2, 0) is 11.2 Å². The molecule has 0 unspecified atom stereocenters. The van der Waals surface area contributed by atoms with E-state index in [-0.39, 0.29) is 0 Å². The van der Waals surface area contributed by atoms with Crippen LogP contribution in [0.3, 0.4) is 0 Å². The summed E-state index contributed by atoms with van der Waals surface area (Å²) in [6.45, 7) is 4.73. The first-order chi connectivity index (χ1) is 9.77. The number of para-hydroxylation sites is 1. The second kappa shape index (κ2) is 10.3. The summed E-state index contributed by atoms with van der Waals surface area (Å²) >= 11 is 0. The number of benzene rings is 1. The summed E-state index contributed by atoms with van der Waals surface area (Å²) in [6.07, 6.45) is 6.90. The lowest BCUT2D eigenvalue weighted by Gasteiger charge is -2.10. The van der Waals surface area contributed by atoms with Gasteiger partial charge in [0, 0.05) is 0 Å². The van der Waals surface area contributed by atoms with Crippen molar-refractivity contribution in [3.8, 4) is 5.75 Å². The highest BCUT2D eigenvalue weighted by Crippen LogP contribution is 2.21. The summed E-state index contributed by atoms with van der Waals surface area (Å²) in [4.78, 5) is 11.6. The molecule has 1 aromatic rings. The van der Waals surface area contributed by atoms with Gasteiger partial charge in [-0.2, -0.15) is 0 Å². The molecule has 1 aromatic carbocycles. The number of hydrogen-bond acceptors (Lipinski definition) is 3. The number of carbonyl (C=O) groups is 1. The number of hydrogen-bond donors (Lipinski definition) is 0. The Morgan fingerprint density at radius 1 is 1.00 bits per heavy atom. The molecule has 0 heterocycles. The van der Waals surface area contributed by atoms with Gasteiger partial charge in [0.05, 0.1) is 6.61 Å². The van der Waals surface area contributed by atoms with Crippen LogP contribution < -0.4 is 4.74 Å². The van der Waals surface area contributed by atoms with Crippen LogP contribution in [0.2, 0.25) is 0 Å². The van der Waals surface area contributed by atoms with E-state index in [0.29, 0.717) is 12.4 Å². The molecule has 0 saturated heterocycles. The smallest absolute Gasteiger partial charge is 0.434 e. The molecule has 3 heteroatoms. The van der Waals surface area contributed by atoms with E-state index in [1.165, 1.54) is 12.8 Å². The van der Waals surface area contributed by atoms with Crippen LogP contribution in [-0.4, -0.2) is 12.8 Å². The van der Waals surface area contributed by atoms with Crippen LogP contribution in [0.1, 0.15) is 57.9 Å². The minimum Gasteiger partial charge on any atom is -0.434 e. The summed E-state index contributed by atoms with van der Waals surface area (Å²) in [5, 5.41) is 0.